The summed E-state index contributed by atoms with van der Waals surface area (Å²) in [5.41, 5.74) is 8.83. The lowest BCUT2D eigenvalue weighted by Gasteiger charge is -2.49. The average molecular weight is 527 g/mol. The standard InChI is InChI=1S/C22H22N8O4S2/c23-9-13-4-2-1-3-12(13)5-7-16(31)24-18-20(32)29-19(22(33)34)14(11-36-21(18)29)10-35-17-8-6-15-25-27-28-30(15)26-17/h1-4,6,8,18,21H,5,7,9-11,23H2,(H,24,31)(H,33,34)/t18?,21-/m1/s1. The van der Waals surface area contributed by atoms with E-state index in [4.69, 9.17) is 5.73 Å². The maximum absolute atomic E-state index is 12.9. The smallest absolute Gasteiger partial charge is 0.352 e. The monoisotopic (exact) mass is 526 g/mol. The summed E-state index contributed by atoms with van der Waals surface area (Å²) in [6, 6.07) is 10.4. The van der Waals surface area contributed by atoms with Crippen LogP contribution in [0.1, 0.15) is 17.5 Å². The number of nitrogens with zero attached hydrogens (tertiary/aromatic N) is 6. The van der Waals surface area contributed by atoms with E-state index in [9.17, 15) is 19.5 Å². The first-order chi connectivity index (χ1) is 17.5. The molecule has 2 atom stereocenters. The Kier molecular flexibility index (Phi) is 6.89. The van der Waals surface area contributed by atoms with Gasteiger partial charge in [0.15, 0.2) is 5.65 Å². The quantitative estimate of drug-likeness (QED) is 0.261. The summed E-state index contributed by atoms with van der Waals surface area (Å²) >= 11 is 2.77. The fourth-order valence-corrected chi connectivity index (χ4v) is 6.50. The van der Waals surface area contributed by atoms with Gasteiger partial charge in [-0.1, -0.05) is 24.3 Å². The number of carboxylic acids is 1. The molecule has 1 saturated heterocycles. The van der Waals surface area contributed by atoms with Crippen LogP contribution in [0.3, 0.4) is 0 Å². The highest BCUT2D eigenvalue weighted by Crippen LogP contribution is 2.41. The number of amides is 2. The van der Waals surface area contributed by atoms with E-state index in [1.54, 1.807) is 12.1 Å². The molecular weight excluding hydrogens is 504 g/mol. The van der Waals surface area contributed by atoms with Crippen molar-refractivity contribution in [1.82, 2.24) is 35.5 Å². The number of aliphatic carboxylic acids is 1. The number of carboxylic acid groups (broad SMARTS) is 1. The molecule has 2 amide bonds. The van der Waals surface area contributed by atoms with Crippen molar-refractivity contribution in [2.45, 2.75) is 35.8 Å². The van der Waals surface area contributed by atoms with Crippen LogP contribution in [0.5, 0.6) is 0 Å². The molecule has 1 unspecified atom stereocenters. The van der Waals surface area contributed by atoms with Gasteiger partial charge in [0.1, 0.15) is 22.1 Å². The van der Waals surface area contributed by atoms with E-state index < -0.39 is 23.3 Å². The molecule has 0 aliphatic carbocycles. The number of hydrogen-bond acceptors (Lipinski definition) is 10. The predicted octanol–water partition coefficient (Wildman–Crippen LogP) is 0.442. The molecule has 0 saturated carbocycles. The van der Waals surface area contributed by atoms with E-state index in [1.807, 2.05) is 24.3 Å². The van der Waals surface area contributed by atoms with E-state index >= 15 is 0 Å². The summed E-state index contributed by atoms with van der Waals surface area (Å²) < 4.78 is 1.29. The second-order valence-corrected chi connectivity index (χ2v) is 10.3. The van der Waals surface area contributed by atoms with Crippen molar-refractivity contribution < 1.29 is 19.5 Å². The number of nitrogens with one attached hydrogen (secondary N) is 1. The van der Waals surface area contributed by atoms with Crippen molar-refractivity contribution in [3.05, 3.63) is 58.8 Å². The maximum atomic E-state index is 12.9. The molecule has 3 aromatic rings. The molecule has 2 aliphatic rings. The van der Waals surface area contributed by atoms with Gasteiger partial charge in [-0.05, 0) is 45.7 Å². The lowest BCUT2D eigenvalue weighted by Crippen LogP contribution is -2.70. The number of tetrazole rings is 1. The summed E-state index contributed by atoms with van der Waals surface area (Å²) in [6.07, 6.45) is 0.716. The van der Waals surface area contributed by atoms with Crippen molar-refractivity contribution in [2.75, 3.05) is 11.5 Å². The van der Waals surface area contributed by atoms with Gasteiger partial charge >= 0.3 is 5.97 Å². The summed E-state index contributed by atoms with van der Waals surface area (Å²) in [5, 5.41) is 28.2. The number of fused-ring (bicyclic) bond motifs is 2. The topological polar surface area (TPSA) is 169 Å². The molecule has 4 heterocycles. The third-order valence-electron chi connectivity index (χ3n) is 5.97. The molecule has 1 aromatic carbocycles. The number of aromatic nitrogens is 5. The highest BCUT2D eigenvalue weighted by molar-refractivity contribution is 8.01. The number of β-lactam (4-membered cyclic amide) rings is 1. The van der Waals surface area contributed by atoms with Gasteiger partial charge in [-0.3, -0.25) is 14.5 Å². The van der Waals surface area contributed by atoms with Crippen LogP contribution >= 0.6 is 23.5 Å². The molecule has 186 valence electrons. The number of nitrogens with two attached hydrogens (primary N) is 1. The Morgan fingerprint density at radius 3 is 2.81 bits per heavy atom. The molecule has 12 nitrogen and oxygen atoms in total. The Labute approximate surface area is 213 Å². The highest BCUT2D eigenvalue weighted by Gasteiger charge is 2.54. The summed E-state index contributed by atoms with van der Waals surface area (Å²) in [7, 11) is 0. The van der Waals surface area contributed by atoms with E-state index in [0.717, 1.165) is 11.1 Å². The minimum Gasteiger partial charge on any atom is -0.477 e. The fraction of sp³-hybridized carbons (Fsp3) is 0.318. The number of benzene rings is 1. The van der Waals surface area contributed by atoms with Crippen LogP contribution in [0.25, 0.3) is 5.65 Å². The Hall–Kier alpha value is -3.49. The second-order valence-electron chi connectivity index (χ2n) is 8.17. The molecule has 0 radical (unpaired) electrons. The zero-order valence-corrected chi connectivity index (χ0v) is 20.5. The molecule has 2 aliphatic heterocycles. The van der Waals surface area contributed by atoms with Crippen LogP contribution in [0.4, 0.5) is 0 Å². The molecule has 2 aromatic heterocycles. The van der Waals surface area contributed by atoms with Gasteiger partial charge in [-0.25, -0.2) is 4.79 Å². The number of thioether (sulfide) groups is 2. The third-order valence-corrected chi connectivity index (χ3v) is 8.31. The number of rotatable bonds is 9. The third kappa shape index (κ3) is 4.66. The molecule has 14 heteroatoms. The van der Waals surface area contributed by atoms with Crippen LogP contribution in [-0.2, 0) is 27.3 Å². The van der Waals surface area contributed by atoms with Crippen molar-refractivity contribution in [3.8, 4) is 0 Å². The number of hydrogen-bond donors (Lipinski definition) is 3. The van der Waals surface area contributed by atoms with Gasteiger partial charge in [0.25, 0.3) is 5.91 Å². The molecule has 0 bridgehead atoms. The fourth-order valence-electron chi connectivity index (χ4n) is 4.16. The van der Waals surface area contributed by atoms with Gasteiger partial charge in [0, 0.05) is 24.5 Å². The zero-order chi connectivity index (χ0) is 25.2. The van der Waals surface area contributed by atoms with Gasteiger partial charge in [-0.2, -0.15) is 0 Å². The van der Waals surface area contributed by atoms with Crippen molar-refractivity contribution in [2.24, 2.45) is 5.73 Å². The minimum atomic E-state index is -1.17. The van der Waals surface area contributed by atoms with Crippen LogP contribution in [0, 0.1) is 0 Å². The first kappa shape index (κ1) is 24.2. The van der Waals surface area contributed by atoms with Crippen molar-refractivity contribution in [3.63, 3.8) is 0 Å². The SMILES string of the molecule is NCc1ccccc1CCC(=O)NC1C(=O)N2C(C(=O)O)=C(CSc3ccc4nnnn4n3)CS[C@H]12. The zero-order valence-electron chi connectivity index (χ0n) is 18.9. The Balaban J connectivity index is 1.22. The minimum absolute atomic E-state index is 0.0258. The summed E-state index contributed by atoms with van der Waals surface area (Å²) in [6.45, 7) is 0.389. The van der Waals surface area contributed by atoms with Crippen LogP contribution in [0.2, 0.25) is 0 Å². The van der Waals surface area contributed by atoms with Gasteiger partial charge in [-0.15, -0.1) is 38.4 Å². The lowest BCUT2D eigenvalue weighted by atomic mass is 10.0. The van der Waals surface area contributed by atoms with E-state index in [0.29, 0.717) is 40.7 Å². The number of carbonyl (C=O) groups is 3. The molecular formula is C22H22N8O4S2. The molecule has 5 rings (SSSR count). The first-order valence-electron chi connectivity index (χ1n) is 11.1. The molecule has 4 N–H and O–H groups in total. The molecule has 1 fully saturated rings. The van der Waals surface area contributed by atoms with E-state index in [1.165, 1.54) is 33.1 Å². The Bertz CT molecular complexity index is 1380. The van der Waals surface area contributed by atoms with Crippen molar-refractivity contribution in [1.29, 1.82) is 0 Å². The van der Waals surface area contributed by atoms with E-state index in [-0.39, 0.29) is 18.0 Å². The second kappa shape index (κ2) is 10.2. The summed E-state index contributed by atoms with van der Waals surface area (Å²) in [4.78, 5) is 38.8. The molecule has 36 heavy (non-hydrogen) atoms. The van der Waals surface area contributed by atoms with E-state index in [2.05, 4.69) is 25.9 Å². The number of aryl methyl sites for hydroxylation is 1. The number of carbonyl (C=O) groups excluding carboxylic acids is 2. The predicted molar refractivity (Wildman–Crippen MR) is 132 cm³/mol. The first-order valence-corrected chi connectivity index (χ1v) is 13.1. The largest absolute Gasteiger partial charge is 0.477 e. The average Bonchev–Trinajstić information content (AvgIpc) is 3.36. The van der Waals surface area contributed by atoms with Crippen molar-refractivity contribution >= 4 is 47.0 Å². The highest BCUT2D eigenvalue weighted by atomic mass is 32.2. The molecule has 0 spiro atoms. The summed E-state index contributed by atoms with van der Waals surface area (Å²) in [5.74, 6) is -1.09. The Morgan fingerprint density at radius 1 is 1.22 bits per heavy atom. The van der Waals surface area contributed by atoms with Gasteiger partial charge in [0.05, 0.1) is 0 Å². The Morgan fingerprint density at radius 2 is 2.03 bits per heavy atom. The lowest BCUT2D eigenvalue weighted by molar-refractivity contribution is -0.150. The van der Waals surface area contributed by atoms with Crippen LogP contribution < -0.4 is 11.1 Å². The maximum Gasteiger partial charge on any atom is 0.352 e. The van der Waals surface area contributed by atoms with Crippen LogP contribution in [0.15, 0.2) is 52.7 Å². The normalized spacial score (nSPS) is 19.2. The van der Waals surface area contributed by atoms with Gasteiger partial charge in [0.2, 0.25) is 5.91 Å². The van der Waals surface area contributed by atoms with Crippen LogP contribution in [-0.4, -0.2) is 76.0 Å². The van der Waals surface area contributed by atoms with Gasteiger partial charge < -0.3 is 16.2 Å².